The minimum Gasteiger partial charge on any atom is -0.487 e. The number of aromatic nitrogens is 1. The van der Waals surface area contributed by atoms with Crippen molar-refractivity contribution in [3.63, 3.8) is 0 Å². The van der Waals surface area contributed by atoms with E-state index in [1.54, 1.807) is 31.2 Å². The average Bonchev–Trinajstić information content (AvgIpc) is 3.20. The van der Waals surface area contributed by atoms with Crippen LogP contribution in [-0.2, 0) is 22.3 Å². The van der Waals surface area contributed by atoms with E-state index in [-0.39, 0.29) is 13.2 Å². The quantitative estimate of drug-likeness (QED) is 0.511. The standard InChI is InChI=1S/C21H18F3NO5/c1-13-9-17(7-8-18(13)29-12-20(26)27-2)28-11-16-10-19(30-25-16)14-3-5-15(6-4-14)21(22,23)24/h3-10H,11-12H2,1-2H3. The molecule has 0 atom stereocenters. The molecule has 0 amide bonds. The maximum Gasteiger partial charge on any atom is 0.416 e. The van der Waals surface area contributed by atoms with Gasteiger partial charge in [-0.15, -0.1) is 0 Å². The molecular weight excluding hydrogens is 403 g/mol. The third kappa shape index (κ3) is 5.31. The molecule has 6 nitrogen and oxygen atoms in total. The van der Waals surface area contributed by atoms with Crippen LogP contribution in [0.15, 0.2) is 53.1 Å². The topological polar surface area (TPSA) is 70.8 Å². The molecule has 0 aliphatic heterocycles. The Bertz CT molecular complexity index is 1010. The summed E-state index contributed by atoms with van der Waals surface area (Å²) < 4.78 is 58.7. The molecule has 158 valence electrons. The Hall–Kier alpha value is -3.49. The Morgan fingerprint density at radius 2 is 1.80 bits per heavy atom. The van der Waals surface area contributed by atoms with Crippen LogP contribution in [0.1, 0.15) is 16.8 Å². The predicted molar refractivity (Wildman–Crippen MR) is 100.0 cm³/mol. The van der Waals surface area contributed by atoms with Crippen molar-refractivity contribution in [1.82, 2.24) is 5.16 Å². The Morgan fingerprint density at radius 3 is 2.43 bits per heavy atom. The Kier molecular flexibility index (Phi) is 6.29. The van der Waals surface area contributed by atoms with Crippen molar-refractivity contribution in [2.75, 3.05) is 13.7 Å². The van der Waals surface area contributed by atoms with Crippen LogP contribution in [0.5, 0.6) is 11.5 Å². The molecule has 2 aromatic carbocycles. The van der Waals surface area contributed by atoms with Crippen molar-refractivity contribution in [2.45, 2.75) is 19.7 Å². The van der Waals surface area contributed by atoms with Crippen molar-refractivity contribution in [3.05, 3.63) is 65.4 Å². The number of hydrogen-bond acceptors (Lipinski definition) is 6. The van der Waals surface area contributed by atoms with Gasteiger partial charge in [-0.3, -0.25) is 0 Å². The highest BCUT2D eigenvalue weighted by atomic mass is 19.4. The molecule has 0 bridgehead atoms. The van der Waals surface area contributed by atoms with Gasteiger partial charge < -0.3 is 18.7 Å². The Morgan fingerprint density at radius 1 is 1.07 bits per heavy atom. The first kappa shape index (κ1) is 21.2. The third-order valence-electron chi connectivity index (χ3n) is 4.16. The predicted octanol–water partition coefficient (Wildman–Crippen LogP) is 4.80. The summed E-state index contributed by atoms with van der Waals surface area (Å²) in [5.41, 5.74) is 0.990. The SMILES string of the molecule is COC(=O)COc1ccc(OCc2cc(-c3ccc(C(F)(F)F)cc3)on2)cc1C. The van der Waals surface area contributed by atoms with Crippen LogP contribution in [0.4, 0.5) is 13.2 Å². The highest BCUT2D eigenvalue weighted by Crippen LogP contribution is 2.31. The maximum atomic E-state index is 12.7. The van der Waals surface area contributed by atoms with Gasteiger partial charge in [-0.1, -0.05) is 17.3 Å². The number of benzene rings is 2. The number of rotatable bonds is 7. The second-order valence-electron chi connectivity index (χ2n) is 6.34. The zero-order valence-electron chi connectivity index (χ0n) is 16.2. The third-order valence-corrected chi connectivity index (χ3v) is 4.16. The molecule has 0 fully saturated rings. The summed E-state index contributed by atoms with van der Waals surface area (Å²) in [6.45, 7) is 1.72. The number of halogens is 3. The Labute approximate surface area is 170 Å². The van der Waals surface area contributed by atoms with Gasteiger partial charge in [-0.25, -0.2) is 4.79 Å². The molecule has 0 spiro atoms. The van der Waals surface area contributed by atoms with Gasteiger partial charge in [0.2, 0.25) is 0 Å². The number of methoxy groups -OCH3 is 1. The van der Waals surface area contributed by atoms with E-state index in [1.807, 2.05) is 0 Å². The minimum atomic E-state index is -4.39. The maximum absolute atomic E-state index is 12.7. The van der Waals surface area contributed by atoms with Crippen molar-refractivity contribution < 1.29 is 36.7 Å². The van der Waals surface area contributed by atoms with Crippen LogP contribution in [0.25, 0.3) is 11.3 Å². The van der Waals surface area contributed by atoms with Crippen LogP contribution < -0.4 is 9.47 Å². The van der Waals surface area contributed by atoms with Crippen molar-refractivity contribution in [3.8, 4) is 22.8 Å². The number of carbonyl (C=O) groups excluding carboxylic acids is 1. The van der Waals surface area contributed by atoms with Crippen LogP contribution in [0.3, 0.4) is 0 Å². The summed E-state index contributed by atoms with van der Waals surface area (Å²) in [5.74, 6) is 0.936. The van der Waals surface area contributed by atoms with E-state index in [0.29, 0.717) is 28.5 Å². The molecule has 3 aromatic rings. The monoisotopic (exact) mass is 421 g/mol. The van der Waals surface area contributed by atoms with E-state index in [4.69, 9.17) is 14.0 Å². The lowest BCUT2D eigenvalue weighted by molar-refractivity contribution is -0.143. The number of aryl methyl sites for hydroxylation is 1. The summed E-state index contributed by atoms with van der Waals surface area (Å²) >= 11 is 0. The fourth-order valence-electron chi connectivity index (χ4n) is 2.57. The fourth-order valence-corrected chi connectivity index (χ4v) is 2.57. The first-order valence-electron chi connectivity index (χ1n) is 8.82. The molecule has 0 aliphatic carbocycles. The van der Waals surface area contributed by atoms with Crippen LogP contribution in [-0.4, -0.2) is 24.8 Å². The largest absolute Gasteiger partial charge is 0.487 e. The lowest BCUT2D eigenvalue weighted by Crippen LogP contribution is -2.13. The zero-order valence-corrected chi connectivity index (χ0v) is 16.2. The summed E-state index contributed by atoms with van der Waals surface area (Å²) in [5, 5.41) is 3.88. The lowest BCUT2D eigenvalue weighted by Gasteiger charge is -2.10. The number of carbonyl (C=O) groups is 1. The van der Waals surface area contributed by atoms with Gasteiger partial charge >= 0.3 is 12.1 Å². The van der Waals surface area contributed by atoms with Gasteiger partial charge in [0.15, 0.2) is 12.4 Å². The lowest BCUT2D eigenvalue weighted by atomic mass is 10.1. The molecule has 0 N–H and O–H groups in total. The summed E-state index contributed by atoms with van der Waals surface area (Å²) in [4.78, 5) is 11.2. The van der Waals surface area contributed by atoms with Crippen LogP contribution in [0.2, 0.25) is 0 Å². The number of ether oxygens (including phenoxy) is 3. The number of esters is 1. The molecular formula is C21H18F3NO5. The molecule has 0 aliphatic rings. The molecule has 0 saturated carbocycles. The smallest absolute Gasteiger partial charge is 0.416 e. The van der Waals surface area contributed by atoms with Crippen LogP contribution in [0, 0.1) is 6.92 Å². The summed E-state index contributed by atoms with van der Waals surface area (Å²) in [6.07, 6.45) is -4.39. The molecule has 1 aromatic heterocycles. The number of nitrogens with zero attached hydrogens (tertiary/aromatic N) is 1. The molecule has 3 rings (SSSR count). The van der Waals surface area contributed by atoms with E-state index >= 15 is 0 Å². The highest BCUT2D eigenvalue weighted by molar-refractivity contribution is 5.71. The number of hydrogen-bond donors (Lipinski definition) is 0. The summed E-state index contributed by atoms with van der Waals surface area (Å²) in [6, 6.07) is 11.3. The van der Waals surface area contributed by atoms with E-state index in [2.05, 4.69) is 9.89 Å². The van der Waals surface area contributed by atoms with Gasteiger partial charge in [0.05, 0.1) is 12.7 Å². The van der Waals surface area contributed by atoms with Gasteiger partial charge in [-0.05, 0) is 42.8 Å². The summed E-state index contributed by atoms with van der Waals surface area (Å²) in [7, 11) is 1.28. The van der Waals surface area contributed by atoms with E-state index in [0.717, 1.165) is 17.7 Å². The second-order valence-corrected chi connectivity index (χ2v) is 6.34. The first-order chi connectivity index (χ1) is 14.3. The highest BCUT2D eigenvalue weighted by Gasteiger charge is 2.30. The second kappa shape index (κ2) is 8.89. The van der Waals surface area contributed by atoms with Crippen LogP contribution >= 0.6 is 0 Å². The van der Waals surface area contributed by atoms with Gasteiger partial charge in [0.1, 0.15) is 23.8 Å². The average molecular weight is 421 g/mol. The molecule has 0 unspecified atom stereocenters. The molecule has 0 saturated heterocycles. The van der Waals surface area contributed by atoms with E-state index < -0.39 is 17.7 Å². The van der Waals surface area contributed by atoms with Crippen molar-refractivity contribution >= 4 is 5.97 Å². The first-order valence-corrected chi connectivity index (χ1v) is 8.82. The Balaban J connectivity index is 1.60. The van der Waals surface area contributed by atoms with E-state index in [9.17, 15) is 18.0 Å². The van der Waals surface area contributed by atoms with Gasteiger partial charge in [-0.2, -0.15) is 13.2 Å². The van der Waals surface area contributed by atoms with Gasteiger partial charge in [0, 0.05) is 11.6 Å². The van der Waals surface area contributed by atoms with Crippen molar-refractivity contribution in [1.29, 1.82) is 0 Å². The minimum absolute atomic E-state index is 0.103. The zero-order chi connectivity index (χ0) is 21.7. The normalized spacial score (nSPS) is 11.2. The van der Waals surface area contributed by atoms with E-state index in [1.165, 1.54) is 19.2 Å². The molecule has 30 heavy (non-hydrogen) atoms. The van der Waals surface area contributed by atoms with Crippen molar-refractivity contribution in [2.24, 2.45) is 0 Å². The van der Waals surface area contributed by atoms with Gasteiger partial charge in [0.25, 0.3) is 0 Å². The number of alkyl halides is 3. The molecule has 1 heterocycles. The molecule has 0 radical (unpaired) electrons. The molecule has 9 heteroatoms. The fraction of sp³-hybridized carbons (Fsp3) is 0.238.